The fraction of sp³-hybridized carbons (Fsp3) is 0.412. The molecule has 2 N–H and O–H groups in total. The predicted octanol–water partition coefficient (Wildman–Crippen LogP) is 3.29. The lowest BCUT2D eigenvalue weighted by Gasteiger charge is -2.24. The molecule has 1 aromatic heterocycles. The zero-order chi connectivity index (χ0) is 16.3. The van der Waals surface area contributed by atoms with Crippen molar-refractivity contribution in [2.75, 3.05) is 13.7 Å². The molecule has 0 aliphatic heterocycles. The van der Waals surface area contributed by atoms with Gasteiger partial charge in [-0.05, 0) is 50.6 Å². The number of ether oxygens (including phenoxy) is 1. The molecule has 0 aliphatic rings. The van der Waals surface area contributed by atoms with Crippen LogP contribution in [0.25, 0.3) is 0 Å². The highest BCUT2D eigenvalue weighted by Crippen LogP contribution is 2.25. The molecule has 0 amide bonds. The van der Waals surface area contributed by atoms with Crippen LogP contribution in [-0.2, 0) is 5.60 Å². The maximum atomic E-state index is 13.4. The van der Waals surface area contributed by atoms with Gasteiger partial charge in [0.05, 0.1) is 7.11 Å². The molecule has 0 unspecified atom stereocenters. The Morgan fingerprint density at radius 3 is 2.68 bits per heavy atom. The van der Waals surface area contributed by atoms with Gasteiger partial charge >= 0.3 is 0 Å². The van der Waals surface area contributed by atoms with Crippen LogP contribution < -0.4 is 10.1 Å². The molecule has 0 saturated carbocycles. The van der Waals surface area contributed by atoms with Gasteiger partial charge in [-0.2, -0.15) is 0 Å². The molecule has 0 saturated heterocycles. The van der Waals surface area contributed by atoms with Crippen molar-refractivity contribution in [1.82, 2.24) is 5.32 Å². The Balaban J connectivity index is 2.04. The predicted molar refractivity (Wildman–Crippen MR) is 82.4 cm³/mol. The van der Waals surface area contributed by atoms with Crippen LogP contribution in [0.1, 0.15) is 37.0 Å². The second-order valence-corrected chi connectivity index (χ2v) is 5.68. The van der Waals surface area contributed by atoms with E-state index in [2.05, 4.69) is 5.32 Å². The molecule has 0 aliphatic carbocycles. The van der Waals surface area contributed by atoms with E-state index in [0.29, 0.717) is 12.3 Å². The molecule has 22 heavy (non-hydrogen) atoms. The molecular weight excluding hydrogens is 285 g/mol. The molecule has 5 heteroatoms. The molecule has 1 heterocycles. The summed E-state index contributed by atoms with van der Waals surface area (Å²) in [7, 11) is 1.43. The number of hydrogen-bond acceptors (Lipinski definition) is 4. The number of methoxy groups -OCH3 is 1. The van der Waals surface area contributed by atoms with Crippen LogP contribution in [0, 0.1) is 12.7 Å². The van der Waals surface area contributed by atoms with Crippen LogP contribution in [0.2, 0.25) is 0 Å². The molecular formula is C17H22FNO3. The number of aryl methyl sites for hydroxylation is 1. The van der Waals surface area contributed by atoms with E-state index >= 15 is 0 Å². The normalized spacial score (nSPS) is 15.4. The van der Waals surface area contributed by atoms with Crippen LogP contribution >= 0.6 is 0 Å². The maximum Gasteiger partial charge on any atom is 0.165 e. The Bertz CT molecular complexity index is 637. The minimum atomic E-state index is -1.12. The number of halogens is 1. The van der Waals surface area contributed by atoms with Crippen molar-refractivity contribution < 1.29 is 18.7 Å². The standard InChI is InChI=1S/C17H22FNO3/c1-11-5-8-16(22-11)17(3,20)10-19-12(2)13-6-7-14(18)15(9-13)21-4/h5-9,12,19-20H,10H2,1-4H3/t12-,17+/m0/s1. The Morgan fingerprint density at radius 2 is 2.09 bits per heavy atom. The molecule has 0 radical (unpaired) electrons. The van der Waals surface area contributed by atoms with Crippen molar-refractivity contribution >= 4 is 0 Å². The lowest BCUT2D eigenvalue weighted by molar-refractivity contribution is 0.0313. The van der Waals surface area contributed by atoms with Crippen molar-refractivity contribution in [3.8, 4) is 5.75 Å². The third-order valence-electron chi connectivity index (χ3n) is 3.70. The first-order valence-electron chi connectivity index (χ1n) is 7.19. The second-order valence-electron chi connectivity index (χ2n) is 5.68. The average Bonchev–Trinajstić information content (AvgIpc) is 2.93. The third-order valence-corrected chi connectivity index (χ3v) is 3.70. The number of aliphatic hydroxyl groups is 1. The number of rotatable bonds is 6. The van der Waals surface area contributed by atoms with E-state index in [1.165, 1.54) is 13.2 Å². The number of hydrogen-bond donors (Lipinski definition) is 2. The third kappa shape index (κ3) is 3.67. The highest BCUT2D eigenvalue weighted by Gasteiger charge is 2.27. The van der Waals surface area contributed by atoms with Crippen LogP contribution in [0.5, 0.6) is 5.75 Å². The van der Waals surface area contributed by atoms with Crippen LogP contribution in [0.15, 0.2) is 34.7 Å². The number of nitrogens with one attached hydrogen (secondary N) is 1. The first-order valence-corrected chi connectivity index (χ1v) is 7.19. The summed E-state index contributed by atoms with van der Waals surface area (Å²) in [6, 6.07) is 8.23. The van der Waals surface area contributed by atoms with E-state index in [-0.39, 0.29) is 11.8 Å². The highest BCUT2D eigenvalue weighted by molar-refractivity contribution is 5.32. The summed E-state index contributed by atoms with van der Waals surface area (Å²) in [4.78, 5) is 0. The number of furan rings is 1. The summed E-state index contributed by atoms with van der Waals surface area (Å²) in [5.74, 6) is 1.09. The quantitative estimate of drug-likeness (QED) is 0.860. The highest BCUT2D eigenvalue weighted by atomic mass is 19.1. The van der Waals surface area contributed by atoms with Gasteiger partial charge in [0.25, 0.3) is 0 Å². The first kappa shape index (κ1) is 16.5. The SMILES string of the molecule is COc1cc([C@H](C)NC[C@@](C)(O)c2ccc(C)o2)ccc1F. The van der Waals surface area contributed by atoms with E-state index in [0.717, 1.165) is 11.3 Å². The van der Waals surface area contributed by atoms with Gasteiger partial charge in [-0.3, -0.25) is 0 Å². The molecule has 0 spiro atoms. The minimum Gasteiger partial charge on any atom is -0.494 e. The van der Waals surface area contributed by atoms with Gasteiger partial charge in [0.2, 0.25) is 0 Å². The fourth-order valence-electron chi connectivity index (χ4n) is 2.23. The molecule has 120 valence electrons. The van der Waals surface area contributed by atoms with E-state index in [4.69, 9.17) is 9.15 Å². The number of benzene rings is 1. The Hall–Kier alpha value is -1.85. The van der Waals surface area contributed by atoms with Gasteiger partial charge in [-0.15, -0.1) is 0 Å². The van der Waals surface area contributed by atoms with Crippen molar-refractivity contribution in [2.24, 2.45) is 0 Å². The Labute approximate surface area is 129 Å². The molecule has 0 bridgehead atoms. The summed E-state index contributed by atoms with van der Waals surface area (Å²) >= 11 is 0. The molecule has 1 aromatic carbocycles. The average molecular weight is 307 g/mol. The van der Waals surface area contributed by atoms with Gasteiger partial charge in [0, 0.05) is 12.6 Å². The van der Waals surface area contributed by atoms with E-state index in [9.17, 15) is 9.50 Å². The molecule has 4 nitrogen and oxygen atoms in total. The van der Waals surface area contributed by atoms with Crippen molar-refractivity contribution in [1.29, 1.82) is 0 Å². The summed E-state index contributed by atoms with van der Waals surface area (Å²) in [6.07, 6.45) is 0. The van der Waals surface area contributed by atoms with Crippen LogP contribution in [-0.4, -0.2) is 18.8 Å². The monoisotopic (exact) mass is 307 g/mol. The molecule has 2 aromatic rings. The Morgan fingerprint density at radius 1 is 1.36 bits per heavy atom. The van der Waals surface area contributed by atoms with E-state index < -0.39 is 11.4 Å². The largest absolute Gasteiger partial charge is 0.494 e. The van der Waals surface area contributed by atoms with Gasteiger partial charge in [-0.25, -0.2) is 4.39 Å². The summed E-state index contributed by atoms with van der Waals surface area (Å²) in [6.45, 7) is 5.77. The van der Waals surface area contributed by atoms with Crippen molar-refractivity contribution in [3.05, 3.63) is 53.2 Å². The smallest absolute Gasteiger partial charge is 0.165 e. The van der Waals surface area contributed by atoms with Gasteiger partial charge in [-0.1, -0.05) is 6.07 Å². The maximum absolute atomic E-state index is 13.4. The summed E-state index contributed by atoms with van der Waals surface area (Å²) < 4.78 is 23.9. The van der Waals surface area contributed by atoms with Gasteiger partial charge < -0.3 is 19.6 Å². The zero-order valence-corrected chi connectivity index (χ0v) is 13.3. The zero-order valence-electron chi connectivity index (χ0n) is 13.3. The van der Waals surface area contributed by atoms with E-state index in [1.54, 1.807) is 25.1 Å². The minimum absolute atomic E-state index is 0.0722. The second kappa shape index (κ2) is 6.50. The molecule has 2 atom stereocenters. The van der Waals surface area contributed by atoms with E-state index in [1.807, 2.05) is 19.9 Å². The molecule has 2 rings (SSSR count). The van der Waals surface area contributed by atoms with Gasteiger partial charge in [0.15, 0.2) is 11.6 Å². The topological polar surface area (TPSA) is 54.6 Å². The Kier molecular flexibility index (Phi) is 4.88. The summed E-state index contributed by atoms with van der Waals surface area (Å²) in [5.41, 5.74) is -0.239. The van der Waals surface area contributed by atoms with Crippen LogP contribution in [0.4, 0.5) is 4.39 Å². The molecule has 0 fully saturated rings. The lowest BCUT2D eigenvalue weighted by atomic mass is 10.0. The fourth-order valence-corrected chi connectivity index (χ4v) is 2.23. The van der Waals surface area contributed by atoms with Crippen LogP contribution in [0.3, 0.4) is 0 Å². The summed E-state index contributed by atoms with van der Waals surface area (Å²) in [5, 5.41) is 13.7. The van der Waals surface area contributed by atoms with Gasteiger partial charge in [0.1, 0.15) is 17.1 Å². The lowest BCUT2D eigenvalue weighted by Crippen LogP contribution is -2.36. The van der Waals surface area contributed by atoms with Crippen molar-refractivity contribution in [2.45, 2.75) is 32.4 Å². The first-order chi connectivity index (χ1) is 10.3. The van der Waals surface area contributed by atoms with Crippen molar-refractivity contribution in [3.63, 3.8) is 0 Å².